The van der Waals surface area contributed by atoms with Crippen LogP contribution in [0.1, 0.15) is 38.2 Å². The number of hydrogen-bond acceptors (Lipinski definition) is 2. The summed E-state index contributed by atoms with van der Waals surface area (Å²) in [5, 5.41) is 3.16. The van der Waals surface area contributed by atoms with Crippen molar-refractivity contribution in [1.82, 2.24) is 5.32 Å². The van der Waals surface area contributed by atoms with Gasteiger partial charge in [0.05, 0.1) is 15.0 Å². The molecule has 106 valence electrons. The van der Waals surface area contributed by atoms with Gasteiger partial charge in [0.15, 0.2) is 0 Å². The van der Waals surface area contributed by atoms with E-state index in [1.54, 1.807) is 0 Å². The molecule has 1 aliphatic rings. The lowest BCUT2D eigenvalue weighted by atomic mass is 9.89. The maximum Gasteiger partial charge on any atom is 0.148 e. The molecule has 0 spiro atoms. The molecule has 0 bridgehead atoms. The zero-order valence-corrected chi connectivity index (χ0v) is 14.7. The van der Waals surface area contributed by atoms with Crippen molar-refractivity contribution in [3.8, 4) is 5.75 Å². The zero-order valence-electron chi connectivity index (χ0n) is 11.5. The van der Waals surface area contributed by atoms with Gasteiger partial charge in [-0.2, -0.15) is 0 Å². The molecule has 1 saturated carbocycles. The first-order valence-corrected chi connectivity index (χ1v) is 8.48. The van der Waals surface area contributed by atoms with Gasteiger partial charge in [-0.15, -0.1) is 0 Å². The number of rotatable bonds is 4. The number of ether oxygens (including phenoxy) is 1. The lowest BCUT2D eigenvalue weighted by Crippen LogP contribution is -2.24. The first kappa shape index (κ1) is 15.3. The van der Waals surface area contributed by atoms with Crippen molar-refractivity contribution in [2.75, 3.05) is 7.05 Å². The van der Waals surface area contributed by atoms with Crippen LogP contribution in [0.5, 0.6) is 5.75 Å². The maximum atomic E-state index is 6.21. The van der Waals surface area contributed by atoms with Crippen LogP contribution in [0.25, 0.3) is 0 Å². The standard InChI is InChI=1S/C15H21Br2NO/c1-10-4-3-5-12(6-10)19-15-13(16)7-11(9-18-2)8-14(15)17/h7-8,10,12,18H,3-6,9H2,1-2H3. The Morgan fingerprint density at radius 3 is 2.53 bits per heavy atom. The molecule has 0 heterocycles. The lowest BCUT2D eigenvalue weighted by Gasteiger charge is -2.28. The van der Waals surface area contributed by atoms with Gasteiger partial charge in [0.25, 0.3) is 0 Å². The molecule has 2 nitrogen and oxygen atoms in total. The molecule has 1 aromatic rings. The summed E-state index contributed by atoms with van der Waals surface area (Å²) in [4.78, 5) is 0. The Balaban J connectivity index is 2.11. The van der Waals surface area contributed by atoms with Crippen LogP contribution in [-0.2, 0) is 6.54 Å². The molecular weight excluding hydrogens is 370 g/mol. The average Bonchev–Trinajstić information content (AvgIpc) is 2.34. The Kier molecular flexibility index (Phi) is 5.72. The van der Waals surface area contributed by atoms with E-state index in [0.717, 1.165) is 33.6 Å². The third-order valence-electron chi connectivity index (χ3n) is 3.61. The van der Waals surface area contributed by atoms with Crippen molar-refractivity contribution in [2.45, 2.75) is 45.3 Å². The first-order chi connectivity index (χ1) is 9.10. The summed E-state index contributed by atoms with van der Waals surface area (Å²) < 4.78 is 8.27. The molecule has 0 saturated heterocycles. The van der Waals surface area contributed by atoms with Crippen LogP contribution in [-0.4, -0.2) is 13.2 Å². The highest BCUT2D eigenvalue weighted by atomic mass is 79.9. The summed E-state index contributed by atoms with van der Waals surface area (Å²) in [7, 11) is 1.95. The van der Waals surface area contributed by atoms with Gasteiger partial charge in [-0.1, -0.05) is 13.3 Å². The molecule has 0 aliphatic heterocycles. The smallest absolute Gasteiger partial charge is 0.148 e. The van der Waals surface area contributed by atoms with Crippen LogP contribution < -0.4 is 10.1 Å². The molecule has 2 atom stereocenters. The van der Waals surface area contributed by atoms with Crippen LogP contribution in [0.2, 0.25) is 0 Å². The van der Waals surface area contributed by atoms with Gasteiger partial charge in [0.2, 0.25) is 0 Å². The Hall–Kier alpha value is -0.0600. The van der Waals surface area contributed by atoms with E-state index < -0.39 is 0 Å². The second kappa shape index (κ2) is 7.09. The minimum Gasteiger partial charge on any atom is -0.488 e. The van der Waals surface area contributed by atoms with Gasteiger partial charge in [-0.25, -0.2) is 0 Å². The molecular formula is C15H21Br2NO. The van der Waals surface area contributed by atoms with E-state index in [9.17, 15) is 0 Å². The molecule has 2 unspecified atom stereocenters. The fraction of sp³-hybridized carbons (Fsp3) is 0.600. The molecule has 1 aromatic carbocycles. The van der Waals surface area contributed by atoms with Crippen molar-refractivity contribution in [3.05, 3.63) is 26.6 Å². The van der Waals surface area contributed by atoms with Crippen molar-refractivity contribution >= 4 is 31.9 Å². The van der Waals surface area contributed by atoms with E-state index >= 15 is 0 Å². The van der Waals surface area contributed by atoms with E-state index in [4.69, 9.17) is 4.74 Å². The summed E-state index contributed by atoms with van der Waals surface area (Å²) >= 11 is 7.25. The fourth-order valence-electron chi connectivity index (χ4n) is 2.68. The molecule has 19 heavy (non-hydrogen) atoms. The summed E-state index contributed by atoms with van der Waals surface area (Å²) in [5.41, 5.74) is 1.24. The highest BCUT2D eigenvalue weighted by molar-refractivity contribution is 9.11. The van der Waals surface area contributed by atoms with Gasteiger partial charge in [0, 0.05) is 6.54 Å². The monoisotopic (exact) mass is 389 g/mol. The molecule has 0 radical (unpaired) electrons. The molecule has 2 rings (SSSR count). The van der Waals surface area contributed by atoms with E-state index in [1.807, 2.05) is 7.05 Å². The van der Waals surface area contributed by atoms with Gasteiger partial charge in [-0.3, -0.25) is 0 Å². The second-order valence-corrected chi connectivity index (χ2v) is 7.14. The Morgan fingerprint density at radius 1 is 1.26 bits per heavy atom. The Bertz CT molecular complexity index is 413. The van der Waals surface area contributed by atoms with Crippen LogP contribution in [0.15, 0.2) is 21.1 Å². The molecule has 1 fully saturated rings. The van der Waals surface area contributed by atoms with Crippen LogP contribution in [0.3, 0.4) is 0 Å². The molecule has 0 aromatic heterocycles. The first-order valence-electron chi connectivity index (χ1n) is 6.89. The predicted octanol–water partition coefficient (Wildman–Crippen LogP) is 4.89. The van der Waals surface area contributed by atoms with E-state index in [0.29, 0.717) is 6.10 Å². The third-order valence-corrected chi connectivity index (χ3v) is 4.79. The number of hydrogen-bond donors (Lipinski definition) is 1. The van der Waals surface area contributed by atoms with Gasteiger partial charge in [-0.05, 0) is 81.8 Å². The second-order valence-electron chi connectivity index (χ2n) is 5.43. The third kappa shape index (κ3) is 4.20. The fourth-order valence-corrected chi connectivity index (χ4v) is 4.15. The Labute approximate surface area is 132 Å². The zero-order chi connectivity index (χ0) is 13.8. The van der Waals surface area contributed by atoms with Gasteiger partial charge >= 0.3 is 0 Å². The van der Waals surface area contributed by atoms with Gasteiger partial charge < -0.3 is 10.1 Å². The largest absolute Gasteiger partial charge is 0.488 e. The SMILES string of the molecule is CNCc1cc(Br)c(OC2CCCC(C)C2)c(Br)c1. The van der Waals surface area contributed by atoms with Crippen molar-refractivity contribution < 1.29 is 4.74 Å². The van der Waals surface area contributed by atoms with Crippen LogP contribution in [0.4, 0.5) is 0 Å². The summed E-state index contributed by atoms with van der Waals surface area (Å²) in [6, 6.07) is 4.26. The summed E-state index contributed by atoms with van der Waals surface area (Å²) in [6.07, 6.45) is 5.30. The molecule has 0 amide bonds. The number of nitrogens with one attached hydrogen (secondary N) is 1. The van der Waals surface area contributed by atoms with E-state index in [1.165, 1.54) is 24.8 Å². The van der Waals surface area contributed by atoms with Crippen molar-refractivity contribution in [1.29, 1.82) is 0 Å². The average molecular weight is 391 g/mol. The normalized spacial score (nSPS) is 23.4. The minimum absolute atomic E-state index is 0.353. The minimum atomic E-state index is 0.353. The van der Waals surface area contributed by atoms with Crippen molar-refractivity contribution in [2.24, 2.45) is 5.92 Å². The summed E-state index contributed by atoms with van der Waals surface area (Å²) in [5.74, 6) is 1.72. The van der Waals surface area contributed by atoms with E-state index in [2.05, 4.69) is 56.2 Å². The predicted molar refractivity (Wildman–Crippen MR) is 86.7 cm³/mol. The molecule has 1 N–H and O–H groups in total. The van der Waals surface area contributed by atoms with Crippen LogP contribution in [0, 0.1) is 5.92 Å². The van der Waals surface area contributed by atoms with Gasteiger partial charge in [0.1, 0.15) is 5.75 Å². The number of halogens is 2. The highest BCUT2D eigenvalue weighted by Crippen LogP contribution is 2.37. The van der Waals surface area contributed by atoms with E-state index in [-0.39, 0.29) is 0 Å². The highest BCUT2D eigenvalue weighted by Gasteiger charge is 2.22. The quantitative estimate of drug-likeness (QED) is 0.790. The molecule has 1 aliphatic carbocycles. The topological polar surface area (TPSA) is 21.3 Å². The lowest BCUT2D eigenvalue weighted by molar-refractivity contribution is 0.127. The van der Waals surface area contributed by atoms with Crippen molar-refractivity contribution in [3.63, 3.8) is 0 Å². The Morgan fingerprint density at radius 2 is 1.95 bits per heavy atom. The molecule has 4 heteroatoms. The summed E-state index contributed by atoms with van der Waals surface area (Å²) in [6.45, 7) is 3.17. The number of benzene rings is 1. The maximum absolute atomic E-state index is 6.21. The van der Waals surface area contributed by atoms with Crippen LogP contribution >= 0.6 is 31.9 Å².